The van der Waals surface area contributed by atoms with Crippen LogP contribution in [0.15, 0.2) is 36.4 Å². The van der Waals surface area contributed by atoms with Gasteiger partial charge in [0.25, 0.3) is 0 Å². The van der Waals surface area contributed by atoms with Crippen molar-refractivity contribution < 1.29 is 4.74 Å². The second kappa shape index (κ2) is 6.66. The highest BCUT2D eigenvalue weighted by atomic mass is 16.5. The molecule has 0 aliphatic rings. The number of terminal acetylenes is 1. The minimum atomic E-state index is 0.599. The quantitative estimate of drug-likeness (QED) is 0.790. The van der Waals surface area contributed by atoms with Gasteiger partial charge in [-0.3, -0.25) is 4.90 Å². The van der Waals surface area contributed by atoms with Crippen LogP contribution in [0, 0.1) is 24.2 Å². The Kier molecular flexibility index (Phi) is 4.66. The average molecular weight is 263 g/mol. The molecule has 0 unspecified atom stereocenters. The number of hydrogen-bond acceptors (Lipinski definition) is 2. The number of hydrogen-bond donors (Lipinski definition) is 0. The van der Waals surface area contributed by atoms with Gasteiger partial charge in [-0.15, -0.1) is 6.42 Å². The van der Waals surface area contributed by atoms with Gasteiger partial charge in [0.15, 0.2) is 0 Å². The molecule has 0 spiro atoms. The second-order valence-corrected chi connectivity index (χ2v) is 4.54. The minimum Gasteiger partial charge on any atom is -0.495 e. The predicted octanol–water partition coefficient (Wildman–Crippen LogP) is 2.76. The van der Waals surface area contributed by atoms with Gasteiger partial charge in [-0.2, -0.15) is 0 Å². The summed E-state index contributed by atoms with van der Waals surface area (Å²) < 4.78 is 5.41. The summed E-state index contributed by atoms with van der Waals surface area (Å²) in [6.07, 6.45) is 5.27. The maximum absolute atomic E-state index is 5.41. The van der Waals surface area contributed by atoms with Gasteiger partial charge in [-0.1, -0.05) is 48.1 Å². The molecule has 2 nitrogen and oxygen atoms in total. The van der Waals surface area contributed by atoms with Crippen LogP contribution in [0.25, 0.3) is 10.8 Å². The Balaban J connectivity index is 2.37. The zero-order chi connectivity index (χ0) is 14.4. The number of methoxy groups -OCH3 is 1. The van der Waals surface area contributed by atoms with E-state index in [9.17, 15) is 0 Å². The van der Waals surface area contributed by atoms with Crippen molar-refractivity contribution >= 4 is 10.8 Å². The number of rotatable bonds is 3. The molecule has 0 N–H and O–H groups in total. The molecule has 20 heavy (non-hydrogen) atoms. The fourth-order valence-electron chi connectivity index (χ4n) is 2.03. The Morgan fingerprint density at radius 3 is 2.70 bits per heavy atom. The summed E-state index contributed by atoms with van der Waals surface area (Å²) in [5.41, 5.74) is 0.930. The Bertz CT molecular complexity index is 701. The lowest BCUT2D eigenvalue weighted by Gasteiger charge is -2.08. The molecule has 2 aromatic rings. The van der Waals surface area contributed by atoms with Crippen LogP contribution in [-0.4, -0.2) is 32.1 Å². The monoisotopic (exact) mass is 263 g/mol. The summed E-state index contributed by atoms with van der Waals surface area (Å²) in [6.45, 7) is 1.23. The van der Waals surface area contributed by atoms with Crippen LogP contribution in [0.4, 0.5) is 0 Å². The Hall–Kier alpha value is -2.42. The van der Waals surface area contributed by atoms with Crippen molar-refractivity contribution in [3.63, 3.8) is 0 Å². The largest absolute Gasteiger partial charge is 0.495 e. The van der Waals surface area contributed by atoms with Crippen molar-refractivity contribution in [3.8, 4) is 29.9 Å². The molecule has 2 aromatic carbocycles. The molecule has 0 heterocycles. The Morgan fingerprint density at radius 1 is 1.15 bits per heavy atom. The Labute approximate surface area is 120 Å². The van der Waals surface area contributed by atoms with Crippen LogP contribution >= 0.6 is 0 Å². The first-order valence-corrected chi connectivity index (χ1v) is 6.43. The molecule has 0 amide bonds. The number of ether oxygens (including phenoxy) is 1. The van der Waals surface area contributed by atoms with Crippen LogP contribution in [-0.2, 0) is 0 Å². The van der Waals surface area contributed by atoms with Gasteiger partial charge < -0.3 is 4.74 Å². The van der Waals surface area contributed by atoms with Crippen LogP contribution < -0.4 is 4.74 Å². The van der Waals surface area contributed by atoms with E-state index in [2.05, 4.69) is 29.9 Å². The maximum atomic E-state index is 5.41. The van der Waals surface area contributed by atoms with Gasteiger partial charge in [0, 0.05) is 5.39 Å². The summed E-state index contributed by atoms with van der Waals surface area (Å²) in [6, 6.07) is 12.2. The molecule has 0 aromatic heterocycles. The third-order valence-electron chi connectivity index (χ3n) is 3.03. The van der Waals surface area contributed by atoms with E-state index in [0.29, 0.717) is 13.1 Å². The summed E-state index contributed by atoms with van der Waals surface area (Å²) in [7, 11) is 3.62. The minimum absolute atomic E-state index is 0.599. The first kappa shape index (κ1) is 14.0. The molecular formula is C18H17NO. The molecule has 0 atom stereocenters. The molecule has 100 valence electrons. The molecular weight excluding hydrogens is 246 g/mol. The van der Waals surface area contributed by atoms with Gasteiger partial charge in [0.2, 0.25) is 0 Å². The van der Waals surface area contributed by atoms with Gasteiger partial charge >= 0.3 is 0 Å². The highest BCUT2D eigenvalue weighted by Crippen LogP contribution is 2.26. The van der Waals surface area contributed by atoms with E-state index in [0.717, 1.165) is 22.1 Å². The number of benzene rings is 2. The van der Waals surface area contributed by atoms with Gasteiger partial charge in [0.05, 0.1) is 25.8 Å². The van der Waals surface area contributed by atoms with Crippen molar-refractivity contribution in [3.05, 3.63) is 42.0 Å². The summed E-state index contributed by atoms with van der Waals surface area (Å²) >= 11 is 0. The molecule has 0 aliphatic carbocycles. The van der Waals surface area contributed by atoms with E-state index in [1.807, 2.05) is 36.2 Å². The zero-order valence-electron chi connectivity index (χ0n) is 11.8. The maximum Gasteiger partial charge on any atom is 0.135 e. The lowest BCUT2D eigenvalue weighted by Crippen LogP contribution is -2.18. The van der Waals surface area contributed by atoms with E-state index in [4.69, 9.17) is 11.2 Å². The zero-order valence-corrected chi connectivity index (χ0v) is 11.8. The Morgan fingerprint density at radius 2 is 1.95 bits per heavy atom. The number of fused-ring (bicyclic) bond motifs is 1. The van der Waals surface area contributed by atoms with E-state index >= 15 is 0 Å². The lowest BCUT2D eigenvalue weighted by molar-refractivity contribution is 0.414. The molecule has 0 fully saturated rings. The first-order chi connectivity index (χ1) is 9.76. The van der Waals surface area contributed by atoms with Gasteiger partial charge in [0.1, 0.15) is 5.75 Å². The average Bonchev–Trinajstić information content (AvgIpc) is 2.47. The van der Waals surface area contributed by atoms with Crippen LogP contribution in [0.5, 0.6) is 5.75 Å². The van der Waals surface area contributed by atoms with Gasteiger partial charge in [-0.05, 0) is 18.5 Å². The number of nitrogens with zero attached hydrogens (tertiary/aromatic N) is 1. The molecule has 0 saturated carbocycles. The third-order valence-corrected chi connectivity index (χ3v) is 3.03. The highest BCUT2D eigenvalue weighted by Gasteiger charge is 2.05. The van der Waals surface area contributed by atoms with E-state index in [1.165, 1.54) is 0 Å². The van der Waals surface area contributed by atoms with Gasteiger partial charge in [-0.25, -0.2) is 0 Å². The van der Waals surface area contributed by atoms with E-state index < -0.39 is 0 Å². The van der Waals surface area contributed by atoms with Crippen molar-refractivity contribution in [2.45, 2.75) is 0 Å². The molecule has 2 rings (SSSR count). The van der Waals surface area contributed by atoms with Crippen LogP contribution in [0.1, 0.15) is 5.56 Å². The highest BCUT2D eigenvalue weighted by molar-refractivity contribution is 5.90. The summed E-state index contributed by atoms with van der Waals surface area (Å²) in [5, 5.41) is 2.27. The molecule has 0 saturated heterocycles. The van der Waals surface area contributed by atoms with E-state index in [1.54, 1.807) is 7.11 Å². The lowest BCUT2D eigenvalue weighted by atomic mass is 10.0. The fourth-order valence-corrected chi connectivity index (χ4v) is 2.03. The van der Waals surface area contributed by atoms with Crippen LogP contribution in [0.2, 0.25) is 0 Å². The predicted molar refractivity (Wildman–Crippen MR) is 83.7 cm³/mol. The topological polar surface area (TPSA) is 12.5 Å². The van der Waals surface area contributed by atoms with Crippen molar-refractivity contribution in [1.82, 2.24) is 4.90 Å². The van der Waals surface area contributed by atoms with E-state index in [-0.39, 0.29) is 0 Å². The second-order valence-electron chi connectivity index (χ2n) is 4.54. The van der Waals surface area contributed by atoms with Crippen LogP contribution in [0.3, 0.4) is 0 Å². The molecule has 2 heteroatoms. The molecule has 0 bridgehead atoms. The normalized spacial score (nSPS) is 9.90. The third kappa shape index (κ3) is 3.12. The van der Waals surface area contributed by atoms with Crippen molar-refractivity contribution in [2.24, 2.45) is 0 Å². The SMILES string of the molecule is C#CCN(C)CC#Cc1c(OC)ccc2ccccc12. The fraction of sp³-hybridized carbons (Fsp3) is 0.222. The first-order valence-electron chi connectivity index (χ1n) is 6.43. The smallest absolute Gasteiger partial charge is 0.135 e. The summed E-state index contributed by atoms with van der Waals surface area (Å²) in [5.74, 6) is 9.77. The molecule has 0 radical (unpaired) electrons. The summed E-state index contributed by atoms with van der Waals surface area (Å²) in [4.78, 5) is 1.99. The van der Waals surface area contributed by atoms with Crippen molar-refractivity contribution in [1.29, 1.82) is 0 Å². The van der Waals surface area contributed by atoms with Crippen molar-refractivity contribution in [2.75, 3.05) is 27.2 Å². The standard InChI is InChI=1S/C18H17NO/c1-4-13-19(2)14-7-10-17-16-9-6-5-8-15(16)11-12-18(17)20-3/h1,5-6,8-9,11-12H,13-14H2,2-3H3. The molecule has 0 aliphatic heterocycles.